The average Bonchev–Trinajstić information content (AvgIpc) is 2.83. The van der Waals surface area contributed by atoms with Gasteiger partial charge in [0.1, 0.15) is 5.78 Å². The zero-order valence-corrected chi connectivity index (χ0v) is 13.5. The van der Waals surface area contributed by atoms with Gasteiger partial charge in [-0.05, 0) is 42.9 Å². The van der Waals surface area contributed by atoms with Crippen molar-refractivity contribution in [2.45, 2.75) is 84.7 Å². The molecule has 3 atom stereocenters. The van der Waals surface area contributed by atoms with Gasteiger partial charge in [0.05, 0.1) is 6.10 Å². The normalized spacial score (nSPS) is 30.7. The highest BCUT2D eigenvalue weighted by Crippen LogP contribution is 2.40. The van der Waals surface area contributed by atoms with E-state index in [4.69, 9.17) is 0 Å². The first-order valence-electron chi connectivity index (χ1n) is 8.57. The van der Waals surface area contributed by atoms with Gasteiger partial charge in [-0.15, -0.1) is 0 Å². The number of hydrogen-bond acceptors (Lipinski definition) is 2. The van der Waals surface area contributed by atoms with Gasteiger partial charge in [0.25, 0.3) is 0 Å². The Morgan fingerprint density at radius 1 is 1.15 bits per heavy atom. The molecule has 0 aromatic rings. The van der Waals surface area contributed by atoms with Crippen LogP contribution in [-0.2, 0) is 4.79 Å². The molecule has 0 aromatic heterocycles. The monoisotopic (exact) mass is 280 g/mol. The Morgan fingerprint density at radius 3 is 2.40 bits per heavy atom. The predicted molar refractivity (Wildman–Crippen MR) is 82.5 cm³/mol. The fourth-order valence-electron chi connectivity index (χ4n) is 4.18. The predicted octanol–water partition coefficient (Wildman–Crippen LogP) is 4.35. The molecule has 0 aromatic carbocycles. The van der Waals surface area contributed by atoms with Gasteiger partial charge in [0, 0.05) is 12.3 Å². The van der Waals surface area contributed by atoms with Crippen LogP contribution >= 0.6 is 0 Å². The second-order valence-electron chi connectivity index (χ2n) is 8.28. The molecule has 2 aliphatic rings. The molecule has 0 heterocycles. The fraction of sp³-hybridized carbons (Fsp3) is 0.944. The Bertz CT molecular complexity index is 323. The molecular formula is C18H32O2. The summed E-state index contributed by atoms with van der Waals surface area (Å²) in [6.07, 6.45) is 9.33. The van der Waals surface area contributed by atoms with E-state index in [1.165, 1.54) is 25.7 Å². The molecule has 2 aliphatic carbocycles. The largest absolute Gasteiger partial charge is 0.393 e. The minimum Gasteiger partial charge on any atom is -0.393 e. The smallest absolute Gasteiger partial charge is 0.136 e. The quantitative estimate of drug-likeness (QED) is 0.831. The minimum absolute atomic E-state index is 0.115. The van der Waals surface area contributed by atoms with Crippen LogP contribution in [0.15, 0.2) is 0 Å². The maximum Gasteiger partial charge on any atom is 0.136 e. The third-order valence-corrected chi connectivity index (χ3v) is 5.63. The SMILES string of the molecule is CC(C)(C)C1CCC(=O)C(CC(O)CC2CCCC2)C1. The van der Waals surface area contributed by atoms with Crippen molar-refractivity contribution in [3.8, 4) is 0 Å². The highest BCUT2D eigenvalue weighted by atomic mass is 16.3. The molecule has 3 unspecified atom stereocenters. The number of aliphatic hydroxyl groups is 1. The lowest BCUT2D eigenvalue weighted by atomic mass is 9.67. The number of Topliss-reactive ketones (excluding diaryl/α,β-unsaturated/α-hetero) is 1. The van der Waals surface area contributed by atoms with E-state index in [2.05, 4.69) is 20.8 Å². The number of hydrogen-bond donors (Lipinski definition) is 1. The molecule has 0 bridgehead atoms. The van der Waals surface area contributed by atoms with Gasteiger partial charge >= 0.3 is 0 Å². The van der Waals surface area contributed by atoms with Crippen molar-refractivity contribution >= 4 is 5.78 Å². The lowest BCUT2D eigenvalue weighted by Gasteiger charge is -2.37. The van der Waals surface area contributed by atoms with E-state index in [0.29, 0.717) is 24.0 Å². The molecule has 2 fully saturated rings. The van der Waals surface area contributed by atoms with E-state index >= 15 is 0 Å². The molecule has 0 saturated heterocycles. The first-order chi connectivity index (χ1) is 9.36. The summed E-state index contributed by atoms with van der Waals surface area (Å²) in [6.45, 7) is 6.83. The fourth-order valence-corrected chi connectivity index (χ4v) is 4.18. The number of carbonyl (C=O) groups is 1. The topological polar surface area (TPSA) is 37.3 Å². The molecule has 0 amide bonds. The molecule has 2 rings (SSSR count). The zero-order valence-electron chi connectivity index (χ0n) is 13.5. The van der Waals surface area contributed by atoms with Gasteiger partial charge in [0.15, 0.2) is 0 Å². The third kappa shape index (κ3) is 4.31. The number of aliphatic hydroxyl groups excluding tert-OH is 1. The van der Waals surface area contributed by atoms with Crippen molar-refractivity contribution < 1.29 is 9.90 Å². The molecule has 116 valence electrons. The van der Waals surface area contributed by atoms with Gasteiger partial charge in [-0.25, -0.2) is 0 Å². The molecular weight excluding hydrogens is 248 g/mol. The highest BCUT2D eigenvalue weighted by molar-refractivity contribution is 5.81. The molecule has 0 spiro atoms. The molecule has 2 heteroatoms. The van der Waals surface area contributed by atoms with Crippen molar-refractivity contribution in [2.75, 3.05) is 0 Å². The first kappa shape index (κ1) is 16.0. The van der Waals surface area contributed by atoms with E-state index in [1.54, 1.807) is 0 Å². The summed E-state index contributed by atoms with van der Waals surface area (Å²) < 4.78 is 0. The van der Waals surface area contributed by atoms with Crippen LogP contribution in [0.3, 0.4) is 0 Å². The second-order valence-corrected chi connectivity index (χ2v) is 8.28. The standard InChI is InChI=1S/C18H32O2/c1-18(2,3)15-8-9-17(20)14(11-15)12-16(19)10-13-6-4-5-7-13/h13-16,19H,4-12H2,1-3H3. The average molecular weight is 280 g/mol. The van der Waals surface area contributed by atoms with Gasteiger partial charge in [-0.1, -0.05) is 46.5 Å². The maximum absolute atomic E-state index is 12.1. The summed E-state index contributed by atoms with van der Waals surface area (Å²) in [6, 6.07) is 0. The van der Waals surface area contributed by atoms with Crippen molar-refractivity contribution in [1.82, 2.24) is 0 Å². The lowest BCUT2D eigenvalue weighted by molar-refractivity contribution is -0.128. The lowest BCUT2D eigenvalue weighted by Crippen LogP contribution is -2.34. The van der Waals surface area contributed by atoms with E-state index in [-0.39, 0.29) is 17.4 Å². The van der Waals surface area contributed by atoms with Crippen LogP contribution in [0.2, 0.25) is 0 Å². The Morgan fingerprint density at radius 2 is 1.80 bits per heavy atom. The maximum atomic E-state index is 12.1. The van der Waals surface area contributed by atoms with E-state index < -0.39 is 0 Å². The zero-order chi connectivity index (χ0) is 14.8. The van der Waals surface area contributed by atoms with E-state index in [0.717, 1.165) is 25.7 Å². The van der Waals surface area contributed by atoms with Gasteiger partial charge in [0.2, 0.25) is 0 Å². The second kappa shape index (κ2) is 6.60. The van der Waals surface area contributed by atoms with Crippen LogP contribution in [0.1, 0.15) is 78.6 Å². The van der Waals surface area contributed by atoms with Crippen LogP contribution in [0.25, 0.3) is 0 Å². The minimum atomic E-state index is -0.259. The summed E-state index contributed by atoms with van der Waals surface area (Å²) in [5.74, 6) is 1.85. The Labute approximate surface area is 124 Å². The summed E-state index contributed by atoms with van der Waals surface area (Å²) in [4.78, 5) is 12.1. The molecule has 1 N–H and O–H groups in total. The Kier molecular flexibility index (Phi) is 5.28. The molecule has 2 nitrogen and oxygen atoms in total. The van der Waals surface area contributed by atoms with Crippen LogP contribution in [0, 0.1) is 23.2 Å². The molecule has 2 saturated carbocycles. The number of ketones is 1. The van der Waals surface area contributed by atoms with E-state index in [9.17, 15) is 9.90 Å². The van der Waals surface area contributed by atoms with Gasteiger partial charge in [-0.2, -0.15) is 0 Å². The van der Waals surface area contributed by atoms with Crippen LogP contribution in [-0.4, -0.2) is 17.0 Å². The van der Waals surface area contributed by atoms with Crippen LogP contribution in [0.4, 0.5) is 0 Å². The van der Waals surface area contributed by atoms with Crippen LogP contribution in [0.5, 0.6) is 0 Å². The van der Waals surface area contributed by atoms with Crippen molar-refractivity contribution in [2.24, 2.45) is 23.2 Å². The summed E-state index contributed by atoms with van der Waals surface area (Å²) in [5.41, 5.74) is 0.287. The summed E-state index contributed by atoms with van der Waals surface area (Å²) in [5, 5.41) is 10.3. The Balaban J connectivity index is 1.84. The summed E-state index contributed by atoms with van der Waals surface area (Å²) in [7, 11) is 0. The number of rotatable bonds is 4. The van der Waals surface area contributed by atoms with Crippen molar-refractivity contribution in [1.29, 1.82) is 0 Å². The van der Waals surface area contributed by atoms with Crippen LogP contribution < -0.4 is 0 Å². The highest BCUT2D eigenvalue weighted by Gasteiger charge is 2.35. The third-order valence-electron chi connectivity index (χ3n) is 5.63. The van der Waals surface area contributed by atoms with Gasteiger partial charge < -0.3 is 5.11 Å². The summed E-state index contributed by atoms with van der Waals surface area (Å²) >= 11 is 0. The van der Waals surface area contributed by atoms with Crippen molar-refractivity contribution in [3.05, 3.63) is 0 Å². The molecule has 20 heavy (non-hydrogen) atoms. The van der Waals surface area contributed by atoms with Crippen molar-refractivity contribution in [3.63, 3.8) is 0 Å². The molecule has 0 radical (unpaired) electrons. The first-order valence-corrected chi connectivity index (χ1v) is 8.57. The molecule has 0 aliphatic heterocycles. The van der Waals surface area contributed by atoms with Gasteiger partial charge in [-0.3, -0.25) is 4.79 Å². The number of carbonyl (C=O) groups excluding carboxylic acids is 1. The van der Waals surface area contributed by atoms with E-state index in [1.807, 2.05) is 0 Å². The Hall–Kier alpha value is -0.370.